The van der Waals surface area contributed by atoms with E-state index in [-0.39, 0.29) is 0 Å². The molecule has 0 amide bonds. The smallest absolute Gasteiger partial charge is 0.191 e. The first kappa shape index (κ1) is 23.9. The fourth-order valence-corrected chi connectivity index (χ4v) is 5.85. The Morgan fingerprint density at radius 3 is 2.68 bits per heavy atom. The van der Waals surface area contributed by atoms with Crippen LogP contribution in [0.2, 0.25) is 0 Å². The van der Waals surface area contributed by atoms with Crippen LogP contribution in [0.4, 0.5) is 0 Å². The predicted molar refractivity (Wildman–Crippen MR) is 148 cm³/mol. The van der Waals surface area contributed by atoms with Crippen molar-refractivity contribution in [2.24, 2.45) is 7.05 Å². The van der Waals surface area contributed by atoms with Gasteiger partial charge in [-0.1, -0.05) is 35.1 Å². The van der Waals surface area contributed by atoms with E-state index in [2.05, 4.69) is 66.2 Å². The van der Waals surface area contributed by atoms with Crippen molar-refractivity contribution < 1.29 is 4.52 Å². The van der Waals surface area contributed by atoms with E-state index in [1.54, 1.807) is 11.8 Å². The minimum Gasteiger partial charge on any atom is -0.361 e. The average molecular weight is 511 g/mol. The van der Waals surface area contributed by atoms with E-state index < -0.39 is 0 Å². The number of thioether (sulfide) groups is 1. The zero-order chi connectivity index (χ0) is 25.2. The topological polar surface area (TPSA) is 72.9 Å². The number of fused-ring (bicyclic) bond motifs is 2. The first-order valence-electron chi connectivity index (χ1n) is 12.8. The van der Waals surface area contributed by atoms with Crippen LogP contribution in [-0.4, -0.2) is 55.2 Å². The van der Waals surface area contributed by atoms with Gasteiger partial charge >= 0.3 is 0 Å². The monoisotopic (exact) mass is 510 g/mol. The lowest BCUT2D eigenvalue weighted by molar-refractivity contribution is 0.289. The number of nitrogens with zero attached hydrogens (tertiary/aromatic N) is 6. The molecule has 0 saturated heterocycles. The van der Waals surface area contributed by atoms with Crippen molar-refractivity contribution in [2.45, 2.75) is 31.3 Å². The summed E-state index contributed by atoms with van der Waals surface area (Å²) in [6, 6.07) is 19.0. The van der Waals surface area contributed by atoms with Crippen LogP contribution in [0.5, 0.6) is 0 Å². The average Bonchev–Trinajstić information content (AvgIpc) is 3.46. The number of aromatic nitrogens is 5. The third kappa shape index (κ3) is 5.17. The maximum Gasteiger partial charge on any atom is 0.191 e. The van der Waals surface area contributed by atoms with Gasteiger partial charge in [0, 0.05) is 54.7 Å². The largest absolute Gasteiger partial charge is 0.361 e. The Balaban J connectivity index is 1.02. The summed E-state index contributed by atoms with van der Waals surface area (Å²) >= 11 is 1.78. The lowest BCUT2D eigenvalue weighted by Crippen LogP contribution is -2.27. The van der Waals surface area contributed by atoms with Crippen LogP contribution < -0.4 is 0 Å². The zero-order valence-corrected chi connectivity index (χ0v) is 22.0. The SMILES string of the molecule is Cc1cc(-c2ccc3c(c2)CCN(CCCSc2nnc(-c4ccc5ncccc5c4)n2C)CC3)no1. The molecule has 0 N–H and O–H groups in total. The van der Waals surface area contributed by atoms with E-state index >= 15 is 0 Å². The molecule has 3 aromatic heterocycles. The normalized spacial score (nSPS) is 14.1. The Kier molecular flexibility index (Phi) is 6.76. The quantitative estimate of drug-likeness (QED) is 0.209. The molecule has 0 spiro atoms. The predicted octanol–water partition coefficient (Wildman–Crippen LogP) is 5.58. The van der Waals surface area contributed by atoms with E-state index in [9.17, 15) is 0 Å². The molecule has 188 valence electrons. The molecule has 7 nitrogen and oxygen atoms in total. The molecule has 1 aliphatic heterocycles. The molecular weight excluding hydrogens is 480 g/mol. The standard InChI is InChI=1S/C29H30N6OS/c1-20-17-27(33-36-20)24-7-6-21-10-14-35(15-11-22(21)18-24)13-4-16-37-29-32-31-28(34(29)2)25-8-9-26-23(19-25)5-3-12-30-26/h3,5-9,12,17-19H,4,10-11,13-16H2,1-2H3. The molecule has 0 atom stereocenters. The van der Waals surface area contributed by atoms with Crippen molar-refractivity contribution in [3.05, 3.63) is 77.7 Å². The second-order valence-electron chi connectivity index (χ2n) is 9.63. The van der Waals surface area contributed by atoms with Gasteiger partial charge in [0.1, 0.15) is 11.5 Å². The van der Waals surface area contributed by atoms with Crippen molar-refractivity contribution in [1.82, 2.24) is 29.8 Å². The maximum atomic E-state index is 5.27. The van der Waals surface area contributed by atoms with Gasteiger partial charge in [-0.15, -0.1) is 10.2 Å². The molecule has 0 bridgehead atoms. The Bertz CT molecular complexity index is 1540. The van der Waals surface area contributed by atoms with Crippen molar-refractivity contribution in [3.63, 3.8) is 0 Å². The lowest BCUT2D eigenvalue weighted by atomic mass is 9.99. The van der Waals surface area contributed by atoms with Crippen molar-refractivity contribution in [1.29, 1.82) is 0 Å². The van der Waals surface area contributed by atoms with Crippen molar-refractivity contribution in [2.75, 3.05) is 25.4 Å². The molecule has 8 heteroatoms. The molecule has 5 aromatic rings. The molecular formula is C29H30N6OS. The third-order valence-electron chi connectivity index (χ3n) is 7.07. The Morgan fingerprint density at radius 1 is 0.946 bits per heavy atom. The molecule has 0 unspecified atom stereocenters. The van der Waals surface area contributed by atoms with E-state index in [1.165, 1.54) is 11.1 Å². The highest BCUT2D eigenvalue weighted by Crippen LogP contribution is 2.27. The first-order valence-corrected chi connectivity index (χ1v) is 13.8. The van der Waals surface area contributed by atoms with Gasteiger partial charge in [-0.3, -0.25) is 4.98 Å². The zero-order valence-electron chi connectivity index (χ0n) is 21.2. The van der Waals surface area contributed by atoms with Crippen molar-refractivity contribution >= 4 is 22.7 Å². The number of hydrogen-bond acceptors (Lipinski definition) is 7. The van der Waals surface area contributed by atoms with Gasteiger partial charge in [-0.2, -0.15) is 0 Å². The third-order valence-corrected chi connectivity index (χ3v) is 8.18. The van der Waals surface area contributed by atoms with Gasteiger partial charge in [-0.05, 0) is 74.2 Å². The first-order chi connectivity index (χ1) is 18.1. The van der Waals surface area contributed by atoms with Crippen LogP contribution in [-0.2, 0) is 19.9 Å². The number of hydrogen-bond donors (Lipinski definition) is 0. The molecule has 2 aromatic carbocycles. The number of aryl methyl sites for hydroxylation is 1. The molecule has 0 fully saturated rings. The van der Waals surface area contributed by atoms with Gasteiger partial charge in [0.15, 0.2) is 11.0 Å². The summed E-state index contributed by atoms with van der Waals surface area (Å²) in [5.74, 6) is 2.75. The van der Waals surface area contributed by atoms with Crippen LogP contribution in [0.25, 0.3) is 33.5 Å². The van der Waals surface area contributed by atoms with E-state index in [0.29, 0.717) is 0 Å². The summed E-state index contributed by atoms with van der Waals surface area (Å²) in [7, 11) is 2.05. The molecule has 1 aliphatic rings. The Hall–Kier alpha value is -3.49. The minimum atomic E-state index is 0.845. The van der Waals surface area contributed by atoms with Crippen LogP contribution in [0.15, 0.2) is 70.5 Å². The second-order valence-corrected chi connectivity index (χ2v) is 10.7. The number of pyridine rings is 1. The summed E-state index contributed by atoms with van der Waals surface area (Å²) < 4.78 is 7.36. The Morgan fingerprint density at radius 2 is 1.81 bits per heavy atom. The Labute approximate surface area is 220 Å². The van der Waals surface area contributed by atoms with Gasteiger partial charge < -0.3 is 14.0 Å². The van der Waals surface area contributed by atoms with E-state index in [1.807, 2.05) is 38.4 Å². The fourth-order valence-electron chi connectivity index (χ4n) is 5.02. The van der Waals surface area contributed by atoms with E-state index in [0.717, 1.165) is 89.1 Å². The van der Waals surface area contributed by atoms with Gasteiger partial charge in [0.05, 0.1) is 5.52 Å². The summed E-state index contributed by atoms with van der Waals surface area (Å²) in [5, 5.41) is 15.2. The molecule has 0 saturated carbocycles. The summed E-state index contributed by atoms with van der Waals surface area (Å²) in [5.41, 5.74) is 7.01. The highest BCUT2D eigenvalue weighted by molar-refractivity contribution is 7.99. The second kappa shape index (κ2) is 10.5. The van der Waals surface area contributed by atoms with E-state index in [4.69, 9.17) is 4.52 Å². The van der Waals surface area contributed by atoms with Crippen LogP contribution in [0, 0.1) is 6.92 Å². The molecule has 0 radical (unpaired) electrons. The van der Waals surface area contributed by atoms with Crippen LogP contribution >= 0.6 is 11.8 Å². The maximum absolute atomic E-state index is 5.27. The molecule has 4 heterocycles. The highest BCUT2D eigenvalue weighted by Gasteiger charge is 2.16. The van der Waals surface area contributed by atoms with Crippen molar-refractivity contribution in [3.8, 4) is 22.6 Å². The highest BCUT2D eigenvalue weighted by atomic mass is 32.2. The number of benzene rings is 2. The summed E-state index contributed by atoms with van der Waals surface area (Å²) in [6.07, 6.45) is 5.10. The molecule has 37 heavy (non-hydrogen) atoms. The van der Waals surface area contributed by atoms with Gasteiger partial charge in [-0.25, -0.2) is 0 Å². The lowest BCUT2D eigenvalue weighted by Gasteiger charge is -2.19. The number of rotatable bonds is 7. The summed E-state index contributed by atoms with van der Waals surface area (Å²) in [4.78, 5) is 7.00. The minimum absolute atomic E-state index is 0.845. The molecule has 0 aliphatic carbocycles. The summed E-state index contributed by atoms with van der Waals surface area (Å²) in [6.45, 7) is 5.22. The van der Waals surface area contributed by atoms with Crippen LogP contribution in [0.3, 0.4) is 0 Å². The van der Waals surface area contributed by atoms with Gasteiger partial charge in [0.25, 0.3) is 0 Å². The van der Waals surface area contributed by atoms with Gasteiger partial charge in [0.2, 0.25) is 0 Å². The van der Waals surface area contributed by atoms with Crippen LogP contribution in [0.1, 0.15) is 23.3 Å². The molecule has 6 rings (SSSR count). The fraction of sp³-hybridized carbons (Fsp3) is 0.310.